The lowest BCUT2D eigenvalue weighted by molar-refractivity contribution is 0.0949. The van der Waals surface area contributed by atoms with Crippen LogP contribution in [0, 0.1) is 0 Å². The van der Waals surface area contributed by atoms with Gasteiger partial charge in [-0.25, -0.2) is 0 Å². The summed E-state index contributed by atoms with van der Waals surface area (Å²) >= 11 is 0. The maximum Gasteiger partial charge on any atom is 0.0590 e. The van der Waals surface area contributed by atoms with E-state index >= 15 is 0 Å². The maximum atomic E-state index is 8.73. The summed E-state index contributed by atoms with van der Waals surface area (Å²) < 4.78 is 5.61. The molecule has 0 spiro atoms. The Morgan fingerprint density at radius 1 is 1.40 bits per heavy atom. The first kappa shape index (κ1) is 12.9. The molecule has 0 aromatic heterocycles. The minimum absolute atomic E-state index is 0.298. The van der Waals surface area contributed by atoms with Crippen LogP contribution in [0.2, 0.25) is 0 Å². The lowest BCUT2D eigenvalue weighted by Crippen LogP contribution is -2.36. The van der Waals surface area contributed by atoms with E-state index in [1.54, 1.807) is 0 Å². The standard InChI is InChI=1S/C12H25NO2/c1-10(5-3-7-14)13-11(2)9-12-6-4-8-15-12/h10-14H,3-9H2,1-2H3. The Morgan fingerprint density at radius 2 is 2.20 bits per heavy atom. The smallest absolute Gasteiger partial charge is 0.0590 e. The monoisotopic (exact) mass is 215 g/mol. The first-order valence-electron chi connectivity index (χ1n) is 6.21. The van der Waals surface area contributed by atoms with Crippen molar-refractivity contribution in [2.24, 2.45) is 0 Å². The van der Waals surface area contributed by atoms with Gasteiger partial charge in [0.1, 0.15) is 0 Å². The summed E-state index contributed by atoms with van der Waals surface area (Å²) in [7, 11) is 0. The van der Waals surface area contributed by atoms with Gasteiger partial charge in [-0.2, -0.15) is 0 Å². The zero-order valence-corrected chi connectivity index (χ0v) is 10.0. The molecule has 0 aliphatic carbocycles. The van der Waals surface area contributed by atoms with Crippen molar-refractivity contribution in [3.8, 4) is 0 Å². The lowest BCUT2D eigenvalue weighted by atomic mass is 10.1. The largest absolute Gasteiger partial charge is 0.396 e. The molecule has 0 aromatic carbocycles. The highest BCUT2D eigenvalue weighted by atomic mass is 16.5. The van der Waals surface area contributed by atoms with E-state index in [1.165, 1.54) is 12.8 Å². The first-order valence-corrected chi connectivity index (χ1v) is 6.21. The molecule has 15 heavy (non-hydrogen) atoms. The molecule has 1 aliphatic rings. The minimum Gasteiger partial charge on any atom is -0.396 e. The molecular weight excluding hydrogens is 190 g/mol. The van der Waals surface area contributed by atoms with Crippen LogP contribution >= 0.6 is 0 Å². The van der Waals surface area contributed by atoms with Crippen LogP contribution in [0.25, 0.3) is 0 Å². The minimum atomic E-state index is 0.298. The van der Waals surface area contributed by atoms with Gasteiger partial charge in [-0.15, -0.1) is 0 Å². The first-order chi connectivity index (χ1) is 7.22. The molecule has 3 atom stereocenters. The van der Waals surface area contributed by atoms with Crippen molar-refractivity contribution >= 4 is 0 Å². The highest BCUT2D eigenvalue weighted by Gasteiger charge is 2.18. The number of aliphatic hydroxyl groups excluding tert-OH is 1. The number of ether oxygens (including phenoxy) is 1. The summed E-state index contributed by atoms with van der Waals surface area (Å²) in [6.07, 6.45) is 5.96. The number of hydrogen-bond acceptors (Lipinski definition) is 3. The predicted molar refractivity (Wildman–Crippen MR) is 62.0 cm³/mol. The zero-order valence-electron chi connectivity index (χ0n) is 10.0. The van der Waals surface area contributed by atoms with Crippen molar-refractivity contribution in [3.05, 3.63) is 0 Å². The van der Waals surface area contributed by atoms with Gasteiger partial charge in [0.2, 0.25) is 0 Å². The summed E-state index contributed by atoms with van der Waals surface area (Å²) in [6, 6.07) is 1.01. The van der Waals surface area contributed by atoms with E-state index in [2.05, 4.69) is 19.2 Å². The van der Waals surface area contributed by atoms with E-state index in [4.69, 9.17) is 9.84 Å². The van der Waals surface area contributed by atoms with E-state index in [9.17, 15) is 0 Å². The molecule has 0 radical (unpaired) electrons. The number of rotatable bonds is 7. The average molecular weight is 215 g/mol. The molecule has 3 unspecified atom stereocenters. The molecule has 0 bridgehead atoms. The van der Waals surface area contributed by atoms with E-state index in [-0.39, 0.29) is 0 Å². The van der Waals surface area contributed by atoms with Gasteiger partial charge in [0, 0.05) is 25.3 Å². The Balaban J connectivity index is 2.08. The number of nitrogens with one attached hydrogen (secondary N) is 1. The summed E-state index contributed by atoms with van der Waals surface area (Å²) in [6.45, 7) is 5.64. The summed E-state index contributed by atoms with van der Waals surface area (Å²) in [4.78, 5) is 0. The fraction of sp³-hybridized carbons (Fsp3) is 1.00. The zero-order chi connectivity index (χ0) is 11.1. The Labute approximate surface area is 93.2 Å². The van der Waals surface area contributed by atoms with Crippen LogP contribution in [-0.4, -0.2) is 36.5 Å². The predicted octanol–water partition coefficient (Wildman–Crippen LogP) is 1.69. The molecule has 1 aliphatic heterocycles. The van der Waals surface area contributed by atoms with Crippen LogP contribution in [0.4, 0.5) is 0 Å². The molecule has 0 saturated carbocycles. The van der Waals surface area contributed by atoms with Gasteiger partial charge in [0.15, 0.2) is 0 Å². The fourth-order valence-corrected chi connectivity index (χ4v) is 2.26. The summed E-state index contributed by atoms with van der Waals surface area (Å²) in [5.41, 5.74) is 0. The van der Waals surface area contributed by atoms with Crippen LogP contribution in [0.5, 0.6) is 0 Å². The molecule has 3 nitrogen and oxygen atoms in total. The lowest BCUT2D eigenvalue weighted by Gasteiger charge is -2.22. The molecule has 3 heteroatoms. The van der Waals surface area contributed by atoms with Gasteiger partial charge in [-0.05, 0) is 46.0 Å². The highest BCUT2D eigenvalue weighted by molar-refractivity contribution is 4.74. The fourth-order valence-electron chi connectivity index (χ4n) is 2.26. The van der Waals surface area contributed by atoms with Crippen molar-refractivity contribution < 1.29 is 9.84 Å². The van der Waals surface area contributed by atoms with Gasteiger partial charge >= 0.3 is 0 Å². The normalized spacial score (nSPS) is 25.4. The van der Waals surface area contributed by atoms with Gasteiger partial charge < -0.3 is 15.2 Å². The van der Waals surface area contributed by atoms with Crippen LogP contribution in [-0.2, 0) is 4.74 Å². The van der Waals surface area contributed by atoms with Gasteiger partial charge in [-0.1, -0.05) is 0 Å². The molecule has 90 valence electrons. The SMILES string of the molecule is CC(CCCO)NC(C)CC1CCCO1. The molecule has 1 fully saturated rings. The van der Waals surface area contributed by atoms with E-state index in [0.29, 0.717) is 24.8 Å². The second kappa shape index (κ2) is 7.20. The van der Waals surface area contributed by atoms with Crippen molar-refractivity contribution in [1.82, 2.24) is 5.32 Å². The van der Waals surface area contributed by atoms with Gasteiger partial charge in [0.05, 0.1) is 6.10 Å². The molecular formula is C12H25NO2. The van der Waals surface area contributed by atoms with Crippen molar-refractivity contribution in [1.29, 1.82) is 0 Å². The maximum absolute atomic E-state index is 8.73. The second-order valence-electron chi connectivity index (χ2n) is 4.71. The molecule has 1 saturated heterocycles. The molecule has 0 aromatic rings. The van der Waals surface area contributed by atoms with E-state index in [1.807, 2.05) is 0 Å². The second-order valence-corrected chi connectivity index (χ2v) is 4.71. The quantitative estimate of drug-likeness (QED) is 0.679. The van der Waals surface area contributed by atoms with Crippen LogP contribution in [0.3, 0.4) is 0 Å². The molecule has 0 amide bonds. The van der Waals surface area contributed by atoms with E-state index < -0.39 is 0 Å². The number of hydrogen-bond donors (Lipinski definition) is 2. The van der Waals surface area contributed by atoms with Gasteiger partial charge in [-0.3, -0.25) is 0 Å². The van der Waals surface area contributed by atoms with Crippen molar-refractivity contribution in [3.63, 3.8) is 0 Å². The molecule has 1 heterocycles. The third-order valence-electron chi connectivity index (χ3n) is 3.00. The summed E-state index contributed by atoms with van der Waals surface area (Å²) in [5.74, 6) is 0. The number of aliphatic hydroxyl groups is 1. The molecule has 2 N–H and O–H groups in total. The Morgan fingerprint density at radius 3 is 2.80 bits per heavy atom. The van der Waals surface area contributed by atoms with Crippen LogP contribution in [0.15, 0.2) is 0 Å². The van der Waals surface area contributed by atoms with E-state index in [0.717, 1.165) is 25.9 Å². The van der Waals surface area contributed by atoms with Crippen LogP contribution < -0.4 is 5.32 Å². The highest BCUT2D eigenvalue weighted by Crippen LogP contribution is 2.17. The molecule has 1 rings (SSSR count). The summed E-state index contributed by atoms with van der Waals surface area (Å²) in [5, 5.41) is 12.3. The third kappa shape index (κ3) is 5.50. The third-order valence-corrected chi connectivity index (χ3v) is 3.00. The topological polar surface area (TPSA) is 41.5 Å². The van der Waals surface area contributed by atoms with Gasteiger partial charge in [0.25, 0.3) is 0 Å². The average Bonchev–Trinajstić information content (AvgIpc) is 2.67. The van der Waals surface area contributed by atoms with Crippen molar-refractivity contribution in [2.45, 2.75) is 64.1 Å². The van der Waals surface area contributed by atoms with Crippen LogP contribution in [0.1, 0.15) is 46.0 Å². The van der Waals surface area contributed by atoms with Crippen molar-refractivity contribution in [2.75, 3.05) is 13.2 Å². The Hall–Kier alpha value is -0.120. The Kier molecular flexibility index (Phi) is 6.22. The Bertz CT molecular complexity index is 158.